The van der Waals surface area contributed by atoms with Gasteiger partial charge in [-0.1, -0.05) is 25.1 Å². The summed E-state index contributed by atoms with van der Waals surface area (Å²) in [5.41, 5.74) is 4.46. The second-order valence-corrected chi connectivity index (χ2v) is 8.40. The van der Waals surface area contributed by atoms with Crippen LogP contribution in [0.5, 0.6) is 0 Å². The van der Waals surface area contributed by atoms with Gasteiger partial charge in [-0.3, -0.25) is 0 Å². The summed E-state index contributed by atoms with van der Waals surface area (Å²) in [7, 11) is 0. The number of hydrogen-bond donors (Lipinski definition) is 1. The largest absolute Gasteiger partial charge is 0.306 e. The van der Waals surface area contributed by atoms with Crippen molar-refractivity contribution in [1.82, 2.24) is 5.32 Å². The molecule has 1 aliphatic carbocycles. The van der Waals surface area contributed by atoms with E-state index in [2.05, 4.69) is 68.4 Å². The molecule has 4 heteroatoms. The van der Waals surface area contributed by atoms with Crippen LogP contribution in [-0.4, -0.2) is 6.54 Å². The molecule has 0 spiro atoms. The number of hydrogen-bond acceptors (Lipinski definition) is 2. The monoisotopic (exact) mass is 413 g/mol. The van der Waals surface area contributed by atoms with E-state index in [1.54, 1.807) is 16.9 Å². The Hall–Kier alpha value is -0.160. The van der Waals surface area contributed by atoms with Crippen LogP contribution in [0.25, 0.3) is 0 Å². The summed E-state index contributed by atoms with van der Waals surface area (Å²) in [6.07, 6.45) is 3.79. The van der Waals surface area contributed by atoms with Crippen molar-refractivity contribution in [3.63, 3.8) is 0 Å². The van der Waals surface area contributed by atoms with E-state index in [0.29, 0.717) is 6.04 Å². The van der Waals surface area contributed by atoms with Crippen LogP contribution < -0.4 is 5.32 Å². The van der Waals surface area contributed by atoms with Gasteiger partial charge in [-0.15, -0.1) is 11.3 Å². The zero-order valence-electron chi connectivity index (χ0n) is 11.4. The van der Waals surface area contributed by atoms with Gasteiger partial charge >= 0.3 is 0 Å². The molecule has 1 aliphatic rings. The van der Waals surface area contributed by atoms with Crippen molar-refractivity contribution in [2.24, 2.45) is 0 Å². The van der Waals surface area contributed by atoms with E-state index in [1.807, 2.05) is 0 Å². The molecule has 1 atom stereocenters. The van der Waals surface area contributed by atoms with Gasteiger partial charge in [-0.2, -0.15) is 0 Å². The van der Waals surface area contributed by atoms with Crippen LogP contribution in [0.1, 0.15) is 41.0 Å². The average molecular weight is 415 g/mol. The van der Waals surface area contributed by atoms with Gasteiger partial charge in [-0.05, 0) is 80.4 Å². The van der Waals surface area contributed by atoms with Gasteiger partial charge < -0.3 is 5.32 Å². The molecule has 0 fully saturated rings. The average Bonchev–Trinajstić information content (AvgIpc) is 3.02. The number of fused-ring (bicyclic) bond motifs is 1. The maximum absolute atomic E-state index is 3.62. The molecule has 2 aromatic rings. The molecule has 0 bridgehead atoms. The highest BCUT2D eigenvalue weighted by Crippen LogP contribution is 2.38. The van der Waals surface area contributed by atoms with E-state index >= 15 is 0 Å². The van der Waals surface area contributed by atoms with Crippen LogP contribution in [0.2, 0.25) is 0 Å². The zero-order valence-corrected chi connectivity index (χ0v) is 15.4. The van der Waals surface area contributed by atoms with E-state index in [0.717, 1.165) is 14.8 Å². The summed E-state index contributed by atoms with van der Waals surface area (Å²) in [5, 5.41) is 3.62. The van der Waals surface area contributed by atoms with E-state index in [4.69, 9.17) is 0 Å². The Morgan fingerprint density at radius 3 is 2.70 bits per heavy atom. The second kappa shape index (κ2) is 6.30. The lowest BCUT2D eigenvalue weighted by Gasteiger charge is -2.18. The third-order valence-corrected chi connectivity index (χ3v) is 7.13. The number of halogens is 2. The maximum atomic E-state index is 3.62. The maximum Gasteiger partial charge on any atom is 0.0843 e. The molecule has 20 heavy (non-hydrogen) atoms. The van der Waals surface area contributed by atoms with E-state index in [1.165, 1.54) is 35.3 Å². The molecule has 1 nitrogen and oxygen atoms in total. The summed E-state index contributed by atoms with van der Waals surface area (Å²) < 4.78 is 2.30. The van der Waals surface area contributed by atoms with Crippen molar-refractivity contribution < 1.29 is 0 Å². The smallest absolute Gasteiger partial charge is 0.0843 e. The molecule has 1 N–H and O–H groups in total. The summed E-state index contributed by atoms with van der Waals surface area (Å²) in [5.74, 6) is 0. The van der Waals surface area contributed by atoms with Crippen molar-refractivity contribution >= 4 is 43.2 Å². The molecule has 0 saturated carbocycles. The van der Waals surface area contributed by atoms with Crippen molar-refractivity contribution in [2.75, 3.05) is 6.54 Å². The van der Waals surface area contributed by atoms with Crippen LogP contribution >= 0.6 is 43.2 Å². The van der Waals surface area contributed by atoms with Crippen molar-refractivity contribution in [1.29, 1.82) is 0 Å². The first-order valence-electron chi connectivity index (χ1n) is 6.99. The Labute approximate surface area is 141 Å². The second-order valence-electron chi connectivity index (χ2n) is 5.14. The summed E-state index contributed by atoms with van der Waals surface area (Å²) in [6.45, 7) is 3.13. The Balaban J connectivity index is 1.98. The van der Waals surface area contributed by atoms with Crippen molar-refractivity contribution in [2.45, 2.75) is 32.2 Å². The lowest BCUT2D eigenvalue weighted by atomic mass is 10.00. The lowest BCUT2D eigenvalue weighted by molar-refractivity contribution is 0.639. The van der Waals surface area contributed by atoms with Gasteiger partial charge in [0.2, 0.25) is 0 Å². The minimum absolute atomic E-state index is 0.290. The summed E-state index contributed by atoms with van der Waals surface area (Å²) in [6, 6.07) is 9.52. The van der Waals surface area contributed by atoms with E-state index < -0.39 is 0 Å². The first-order chi connectivity index (χ1) is 9.69. The molecular formula is C16H17Br2NS. The minimum atomic E-state index is 0.290. The Kier molecular flexibility index (Phi) is 4.65. The molecule has 0 aliphatic heterocycles. The lowest BCUT2D eigenvalue weighted by Crippen LogP contribution is -2.21. The van der Waals surface area contributed by atoms with Gasteiger partial charge in [0, 0.05) is 9.35 Å². The molecule has 106 valence electrons. The fourth-order valence-electron chi connectivity index (χ4n) is 2.86. The first kappa shape index (κ1) is 14.8. The highest BCUT2D eigenvalue weighted by atomic mass is 79.9. The van der Waals surface area contributed by atoms with Crippen molar-refractivity contribution in [3.8, 4) is 0 Å². The van der Waals surface area contributed by atoms with E-state index in [9.17, 15) is 0 Å². The summed E-state index contributed by atoms with van der Waals surface area (Å²) >= 11 is 8.99. The standard InChI is InChI=1S/C16H17Br2NS/c1-2-19-15(14-9-13(17)16(18)20-14)12-7-6-10-4-3-5-11(10)8-12/h6-9,15,19H,2-5H2,1H3. The predicted molar refractivity (Wildman–Crippen MR) is 93.7 cm³/mol. The quantitative estimate of drug-likeness (QED) is 0.700. The molecule has 1 unspecified atom stereocenters. The van der Waals surface area contributed by atoms with Gasteiger partial charge in [-0.25, -0.2) is 0 Å². The molecule has 1 heterocycles. The van der Waals surface area contributed by atoms with E-state index in [-0.39, 0.29) is 0 Å². The molecule has 1 aromatic heterocycles. The van der Waals surface area contributed by atoms with Crippen LogP contribution in [0.3, 0.4) is 0 Å². The number of thiophene rings is 1. The predicted octanol–water partition coefficient (Wildman–Crippen LogP) is 5.46. The van der Waals surface area contributed by atoms with Crippen molar-refractivity contribution in [3.05, 3.63) is 54.1 Å². The number of nitrogens with one attached hydrogen (secondary N) is 1. The fraction of sp³-hybridized carbons (Fsp3) is 0.375. The summed E-state index contributed by atoms with van der Waals surface area (Å²) in [4.78, 5) is 1.35. The Morgan fingerprint density at radius 1 is 1.20 bits per heavy atom. The minimum Gasteiger partial charge on any atom is -0.306 e. The highest BCUT2D eigenvalue weighted by Gasteiger charge is 2.19. The van der Waals surface area contributed by atoms with Gasteiger partial charge in [0.15, 0.2) is 0 Å². The Bertz CT molecular complexity index is 601. The van der Waals surface area contributed by atoms with Gasteiger partial charge in [0.1, 0.15) is 0 Å². The number of benzene rings is 1. The zero-order chi connectivity index (χ0) is 14.1. The van der Waals surface area contributed by atoms with Gasteiger partial charge in [0.25, 0.3) is 0 Å². The molecule has 0 amide bonds. The number of aryl methyl sites for hydroxylation is 2. The molecule has 0 saturated heterocycles. The first-order valence-corrected chi connectivity index (χ1v) is 9.39. The van der Waals surface area contributed by atoms with Gasteiger partial charge in [0.05, 0.1) is 9.83 Å². The third kappa shape index (κ3) is 2.89. The van der Waals surface area contributed by atoms with Crippen LogP contribution in [0.15, 0.2) is 32.5 Å². The normalized spacial score (nSPS) is 15.3. The molecule has 3 rings (SSSR count). The van der Waals surface area contributed by atoms with Crippen LogP contribution in [0, 0.1) is 0 Å². The topological polar surface area (TPSA) is 12.0 Å². The van der Waals surface area contributed by atoms with Crippen LogP contribution in [0.4, 0.5) is 0 Å². The number of rotatable bonds is 4. The Morgan fingerprint density at radius 2 is 2.00 bits per heavy atom. The van der Waals surface area contributed by atoms with Crippen LogP contribution in [-0.2, 0) is 12.8 Å². The fourth-order valence-corrected chi connectivity index (χ4v) is 5.06. The molecular weight excluding hydrogens is 398 g/mol. The highest BCUT2D eigenvalue weighted by molar-refractivity contribution is 9.13. The molecule has 0 radical (unpaired) electrons. The SMILES string of the molecule is CCNC(c1ccc2c(c1)CCC2)c1cc(Br)c(Br)s1. The third-order valence-electron chi connectivity index (χ3n) is 3.81. The molecule has 1 aromatic carbocycles.